The Labute approximate surface area is 409 Å². The predicted molar refractivity (Wildman–Crippen MR) is 262 cm³/mol. The molecular formula is C48H83N3O16P2. The topological polar surface area (TPSA) is 286 Å². The van der Waals surface area contributed by atoms with Gasteiger partial charge in [0.05, 0.1) is 19.3 Å². The summed E-state index contributed by atoms with van der Waals surface area (Å²) in [6.45, 7) is 4.23. The first-order chi connectivity index (χ1) is 32.9. The van der Waals surface area contributed by atoms with E-state index in [9.17, 15) is 48.6 Å². The number of carbonyl (C=O) groups excluding carboxylic acids is 2. The first kappa shape index (κ1) is 62.1. The monoisotopic (exact) mass is 1020 g/mol. The van der Waals surface area contributed by atoms with Gasteiger partial charge in [0.15, 0.2) is 12.3 Å². The zero-order valence-corrected chi connectivity index (χ0v) is 42.9. The van der Waals surface area contributed by atoms with Crippen LogP contribution in [0.25, 0.3) is 0 Å². The van der Waals surface area contributed by atoms with Crippen LogP contribution in [0.1, 0.15) is 175 Å². The minimum Gasteiger partial charge on any atom is -0.462 e. The Bertz CT molecular complexity index is 1830. The lowest BCUT2D eigenvalue weighted by molar-refractivity contribution is -0.161. The Morgan fingerprint density at radius 3 is 1.94 bits per heavy atom. The average Bonchev–Trinajstić information content (AvgIpc) is 3.56. The zero-order chi connectivity index (χ0) is 50.9. The highest BCUT2D eigenvalue weighted by molar-refractivity contribution is 7.61. The molecule has 2 rings (SSSR count). The van der Waals surface area contributed by atoms with E-state index in [0.29, 0.717) is 19.3 Å². The number of aliphatic hydroxyl groups is 3. The molecule has 3 unspecified atom stereocenters. The first-order valence-electron chi connectivity index (χ1n) is 25.0. The highest BCUT2D eigenvalue weighted by Gasteiger charge is 2.46. The van der Waals surface area contributed by atoms with Crippen LogP contribution < -0.4 is 11.4 Å². The van der Waals surface area contributed by atoms with Gasteiger partial charge in [0.1, 0.15) is 30.7 Å². The quantitative estimate of drug-likeness (QED) is 0.0118. The van der Waals surface area contributed by atoms with E-state index < -0.39 is 89.8 Å². The molecular weight excluding hydrogens is 936 g/mol. The number of nitrogens with two attached hydrogens (primary N) is 1. The fourth-order valence-electron chi connectivity index (χ4n) is 7.39. The number of unbranched alkanes of at least 4 members (excludes halogenated alkanes) is 15. The number of rotatable bonds is 40. The second kappa shape index (κ2) is 35.9. The van der Waals surface area contributed by atoms with Gasteiger partial charge in [-0.2, -0.15) is 9.29 Å². The molecule has 0 aromatic carbocycles. The maximum atomic E-state index is 12.9. The molecule has 1 aliphatic rings. The van der Waals surface area contributed by atoms with Crippen molar-refractivity contribution in [1.29, 1.82) is 0 Å². The van der Waals surface area contributed by atoms with Gasteiger partial charge in [-0.1, -0.05) is 160 Å². The Morgan fingerprint density at radius 1 is 0.783 bits per heavy atom. The molecule has 0 bridgehead atoms. The van der Waals surface area contributed by atoms with Gasteiger partial charge < -0.3 is 45.1 Å². The van der Waals surface area contributed by atoms with Gasteiger partial charge >= 0.3 is 33.3 Å². The van der Waals surface area contributed by atoms with Gasteiger partial charge in [-0.15, -0.1) is 0 Å². The number of carbonyl (C=O) groups is 2. The summed E-state index contributed by atoms with van der Waals surface area (Å²) in [6.07, 6.45) is 25.4. The Hall–Kier alpha value is -3.06. The van der Waals surface area contributed by atoms with Crippen LogP contribution >= 0.6 is 15.6 Å². The van der Waals surface area contributed by atoms with Crippen LogP contribution in [0, 0.1) is 5.92 Å². The first-order valence-corrected chi connectivity index (χ1v) is 28.0. The molecule has 7 N–H and O–H groups in total. The number of hydrogen-bond donors (Lipinski definition) is 6. The standard InChI is InChI=1S/C48H83N3O16P2/c1-4-5-6-7-14-19-24-29-39(52)30-25-20-17-22-26-31-43(53)62-35-40(65-44(54)32-27-21-16-13-11-9-8-10-12-15-18-23-28-38(2)3)36-63-68(58,59)67-69(60,61)64-37-41-45(55)46(56)47(66-41)51-34-33-42(49)50-48(51)57/h5-6,14,19,24,29,33-34,38-41,45-47,52,55-56H,4,7-13,15-18,20-23,25-28,30-32,35-37H2,1-3H3,(H,58,59)(H,60,61)(H2,49,50,57)/b6-5+,19-14+,29-24+/t39?,40-,41-,45-,46-,47-/m1/s1. The van der Waals surface area contributed by atoms with Gasteiger partial charge in [0, 0.05) is 19.0 Å². The van der Waals surface area contributed by atoms with E-state index in [1.165, 1.54) is 57.4 Å². The molecule has 396 valence electrons. The molecule has 0 spiro atoms. The minimum atomic E-state index is -5.44. The summed E-state index contributed by atoms with van der Waals surface area (Å²) in [5.74, 6) is -0.608. The van der Waals surface area contributed by atoms with Crippen molar-refractivity contribution >= 4 is 33.4 Å². The van der Waals surface area contributed by atoms with E-state index in [4.69, 9.17) is 29.0 Å². The number of nitrogen functional groups attached to an aromatic ring is 1. The van der Waals surface area contributed by atoms with Crippen LogP contribution in [-0.4, -0.2) is 96.9 Å². The van der Waals surface area contributed by atoms with Crippen molar-refractivity contribution < 1.29 is 71.4 Å². The minimum absolute atomic E-state index is 0.0314. The lowest BCUT2D eigenvalue weighted by Crippen LogP contribution is -2.36. The molecule has 1 fully saturated rings. The summed E-state index contributed by atoms with van der Waals surface area (Å²) in [6, 6.07) is 1.24. The average molecular weight is 1020 g/mol. The van der Waals surface area contributed by atoms with Crippen LogP contribution in [0.3, 0.4) is 0 Å². The van der Waals surface area contributed by atoms with Gasteiger partial charge in [0.2, 0.25) is 0 Å². The molecule has 19 nitrogen and oxygen atoms in total. The number of phosphoric ester groups is 2. The van der Waals surface area contributed by atoms with E-state index in [0.717, 1.165) is 80.9 Å². The molecule has 1 aliphatic heterocycles. The molecule has 8 atom stereocenters. The van der Waals surface area contributed by atoms with Crippen LogP contribution in [-0.2, 0) is 46.3 Å². The third-order valence-corrected chi connectivity index (χ3v) is 13.9. The molecule has 1 aromatic heterocycles. The van der Waals surface area contributed by atoms with Crippen LogP contribution in [0.15, 0.2) is 53.5 Å². The SMILES string of the molecule is CC/C=C/C/C=C/C=C/C(O)CCCCCCCC(=O)OC[C@H](COP(=O)(O)OP(=O)(O)OC[C@H]1O[C@@H](n2ccc(N)nc2=O)[C@H](O)[C@@H]1O)OC(=O)CCCCCCCCCCCCCCC(C)C. The Kier molecular flexibility index (Phi) is 32.3. The number of nitrogens with zero attached hydrogens (tertiary/aromatic N) is 2. The molecule has 1 aromatic rings. The van der Waals surface area contributed by atoms with Crippen LogP contribution in [0.4, 0.5) is 5.82 Å². The highest BCUT2D eigenvalue weighted by atomic mass is 31.3. The second-order valence-corrected chi connectivity index (χ2v) is 21.0. The number of esters is 2. The molecule has 21 heteroatoms. The molecule has 0 radical (unpaired) electrons. The number of hydrogen-bond acceptors (Lipinski definition) is 16. The Morgan fingerprint density at radius 2 is 1.35 bits per heavy atom. The zero-order valence-electron chi connectivity index (χ0n) is 41.1. The summed E-state index contributed by atoms with van der Waals surface area (Å²) in [5, 5.41) is 31.1. The number of aliphatic hydroxyl groups excluding tert-OH is 3. The molecule has 0 amide bonds. The third kappa shape index (κ3) is 29.8. The maximum Gasteiger partial charge on any atom is 0.481 e. The van der Waals surface area contributed by atoms with Gasteiger partial charge in [-0.25, -0.2) is 13.9 Å². The lowest BCUT2D eigenvalue weighted by Gasteiger charge is -2.21. The van der Waals surface area contributed by atoms with Gasteiger partial charge in [-0.3, -0.25) is 23.2 Å². The fourth-order valence-corrected chi connectivity index (χ4v) is 9.50. The van der Waals surface area contributed by atoms with Crippen molar-refractivity contribution in [2.24, 2.45) is 5.92 Å². The molecule has 69 heavy (non-hydrogen) atoms. The van der Waals surface area contributed by atoms with Crippen LogP contribution in [0.5, 0.6) is 0 Å². The van der Waals surface area contributed by atoms with E-state index in [2.05, 4.69) is 42.2 Å². The summed E-state index contributed by atoms with van der Waals surface area (Å²) < 4.78 is 56.7. The number of ether oxygens (including phenoxy) is 3. The fraction of sp³-hybridized carbons (Fsp3) is 0.750. The van der Waals surface area contributed by atoms with Crippen molar-refractivity contribution in [2.75, 3.05) is 25.6 Å². The third-order valence-electron chi connectivity index (χ3n) is 11.3. The maximum absolute atomic E-state index is 12.9. The smallest absolute Gasteiger partial charge is 0.462 e. The van der Waals surface area contributed by atoms with Crippen molar-refractivity contribution in [1.82, 2.24) is 9.55 Å². The molecule has 0 saturated carbocycles. The summed E-state index contributed by atoms with van der Waals surface area (Å²) in [7, 11) is -10.9. The predicted octanol–water partition coefficient (Wildman–Crippen LogP) is 8.83. The Balaban J connectivity index is 1.83. The van der Waals surface area contributed by atoms with Crippen LogP contribution in [0.2, 0.25) is 0 Å². The highest BCUT2D eigenvalue weighted by Crippen LogP contribution is 2.60. The van der Waals surface area contributed by atoms with Crippen molar-refractivity contribution in [3.8, 4) is 0 Å². The van der Waals surface area contributed by atoms with E-state index in [1.807, 2.05) is 18.2 Å². The number of anilines is 1. The van der Waals surface area contributed by atoms with Gasteiger partial charge in [0.25, 0.3) is 0 Å². The van der Waals surface area contributed by atoms with E-state index >= 15 is 0 Å². The number of aromatic nitrogens is 2. The van der Waals surface area contributed by atoms with Crippen molar-refractivity contribution in [3.63, 3.8) is 0 Å². The number of phosphoric acid groups is 2. The second-order valence-electron chi connectivity index (χ2n) is 18.0. The number of allylic oxidation sites excluding steroid dienone is 5. The van der Waals surface area contributed by atoms with Crippen molar-refractivity contribution in [2.45, 2.75) is 205 Å². The largest absolute Gasteiger partial charge is 0.481 e. The lowest BCUT2D eigenvalue weighted by atomic mass is 10.0. The van der Waals surface area contributed by atoms with Crippen molar-refractivity contribution in [3.05, 3.63) is 59.2 Å². The summed E-state index contributed by atoms with van der Waals surface area (Å²) >= 11 is 0. The van der Waals surface area contributed by atoms with E-state index in [1.54, 1.807) is 6.08 Å². The molecule has 2 heterocycles. The molecule has 0 aliphatic carbocycles. The summed E-state index contributed by atoms with van der Waals surface area (Å²) in [4.78, 5) is 61.9. The van der Waals surface area contributed by atoms with Gasteiger partial charge in [-0.05, 0) is 44.1 Å². The normalized spacial score (nSPS) is 20.2. The molecule has 1 saturated heterocycles. The summed E-state index contributed by atoms with van der Waals surface area (Å²) in [5.41, 5.74) is 4.58. The van der Waals surface area contributed by atoms with E-state index in [-0.39, 0.29) is 18.7 Å².